The Bertz CT molecular complexity index is 1220. The fourth-order valence-electron chi connectivity index (χ4n) is 3.84. The van der Waals surface area contributed by atoms with Crippen molar-refractivity contribution in [3.05, 3.63) is 78.0 Å². The SMILES string of the molecule is C#CCOCCOc1ccc(C(=O)Nc2ccc(N3CCN(c4ccc(C#N)cn4)CC3)cc2)cc1. The van der Waals surface area contributed by atoms with Gasteiger partial charge in [-0.25, -0.2) is 4.98 Å². The second-order valence-corrected chi connectivity index (χ2v) is 8.12. The molecule has 0 aliphatic carbocycles. The smallest absolute Gasteiger partial charge is 0.255 e. The number of nitriles is 1. The van der Waals surface area contributed by atoms with E-state index in [2.05, 4.69) is 32.1 Å². The summed E-state index contributed by atoms with van der Waals surface area (Å²) in [6.07, 6.45) is 6.73. The van der Waals surface area contributed by atoms with Crippen molar-refractivity contribution in [2.24, 2.45) is 0 Å². The van der Waals surface area contributed by atoms with Crippen LogP contribution in [0.1, 0.15) is 15.9 Å². The summed E-state index contributed by atoms with van der Waals surface area (Å²) >= 11 is 0. The van der Waals surface area contributed by atoms with Gasteiger partial charge in [-0.3, -0.25) is 4.79 Å². The van der Waals surface area contributed by atoms with Crippen molar-refractivity contribution in [3.63, 3.8) is 0 Å². The number of hydrogen-bond donors (Lipinski definition) is 1. The second-order valence-electron chi connectivity index (χ2n) is 8.12. The molecule has 0 unspecified atom stereocenters. The molecule has 2 heterocycles. The van der Waals surface area contributed by atoms with Gasteiger partial charge in [-0.2, -0.15) is 5.26 Å². The molecule has 8 heteroatoms. The third-order valence-corrected chi connectivity index (χ3v) is 5.77. The summed E-state index contributed by atoms with van der Waals surface area (Å²) in [5.74, 6) is 3.77. The van der Waals surface area contributed by atoms with E-state index in [1.54, 1.807) is 36.5 Å². The highest BCUT2D eigenvalue weighted by Crippen LogP contribution is 2.22. The Morgan fingerprint density at radius 3 is 2.33 bits per heavy atom. The number of anilines is 3. The highest BCUT2D eigenvalue weighted by atomic mass is 16.5. The van der Waals surface area contributed by atoms with Crippen LogP contribution in [0, 0.1) is 23.7 Å². The fraction of sp³-hybridized carbons (Fsp3) is 0.250. The van der Waals surface area contributed by atoms with Gasteiger partial charge in [-0.1, -0.05) is 5.92 Å². The number of nitrogens with zero attached hydrogens (tertiary/aromatic N) is 4. The van der Waals surface area contributed by atoms with Crippen LogP contribution in [0.2, 0.25) is 0 Å². The number of hydrogen-bond acceptors (Lipinski definition) is 7. The molecule has 2 aromatic carbocycles. The largest absolute Gasteiger partial charge is 0.491 e. The van der Waals surface area contributed by atoms with E-state index in [4.69, 9.17) is 21.2 Å². The maximum absolute atomic E-state index is 12.6. The Morgan fingerprint density at radius 1 is 0.972 bits per heavy atom. The third-order valence-electron chi connectivity index (χ3n) is 5.77. The number of carbonyl (C=O) groups is 1. The highest BCUT2D eigenvalue weighted by molar-refractivity contribution is 6.04. The highest BCUT2D eigenvalue weighted by Gasteiger charge is 2.18. The Balaban J connectivity index is 1.25. The molecule has 4 rings (SSSR count). The standard InChI is InChI=1S/C28H27N5O3/c1-2-17-35-18-19-36-26-10-4-23(5-11-26)28(34)31-24-6-8-25(9-7-24)32-13-15-33(16-14-32)27-12-3-22(20-29)21-30-27/h1,3-12,21H,13-19H2,(H,31,34). The monoisotopic (exact) mass is 481 g/mol. The van der Waals surface area contributed by atoms with E-state index in [1.165, 1.54) is 0 Å². The van der Waals surface area contributed by atoms with Gasteiger partial charge in [-0.15, -0.1) is 6.42 Å². The number of terminal acetylenes is 1. The number of pyridine rings is 1. The lowest BCUT2D eigenvalue weighted by Gasteiger charge is -2.36. The maximum Gasteiger partial charge on any atom is 0.255 e. The fourth-order valence-corrected chi connectivity index (χ4v) is 3.84. The van der Waals surface area contributed by atoms with E-state index in [0.717, 1.165) is 43.4 Å². The van der Waals surface area contributed by atoms with Crippen LogP contribution >= 0.6 is 0 Å². The van der Waals surface area contributed by atoms with Crippen molar-refractivity contribution in [1.82, 2.24) is 4.98 Å². The van der Waals surface area contributed by atoms with Gasteiger partial charge in [0, 0.05) is 49.3 Å². The molecule has 182 valence electrons. The summed E-state index contributed by atoms with van der Waals surface area (Å²) in [5, 5.41) is 11.9. The summed E-state index contributed by atoms with van der Waals surface area (Å²) < 4.78 is 10.7. The molecular weight excluding hydrogens is 454 g/mol. The number of aromatic nitrogens is 1. The summed E-state index contributed by atoms with van der Waals surface area (Å²) in [7, 11) is 0. The summed E-state index contributed by atoms with van der Waals surface area (Å²) in [4.78, 5) is 21.5. The van der Waals surface area contributed by atoms with Crippen LogP contribution in [0.5, 0.6) is 5.75 Å². The van der Waals surface area contributed by atoms with Crippen LogP contribution in [0.3, 0.4) is 0 Å². The summed E-state index contributed by atoms with van der Waals surface area (Å²) in [6.45, 7) is 4.46. The van der Waals surface area contributed by atoms with E-state index in [-0.39, 0.29) is 12.5 Å². The minimum absolute atomic E-state index is 0.185. The van der Waals surface area contributed by atoms with Crippen molar-refractivity contribution >= 4 is 23.1 Å². The van der Waals surface area contributed by atoms with Crippen molar-refractivity contribution < 1.29 is 14.3 Å². The average molecular weight is 482 g/mol. The zero-order chi connectivity index (χ0) is 25.2. The van der Waals surface area contributed by atoms with Crippen LogP contribution in [0.25, 0.3) is 0 Å². The molecule has 0 radical (unpaired) electrons. The molecule has 1 fully saturated rings. The lowest BCUT2D eigenvalue weighted by molar-refractivity contribution is 0.102. The lowest BCUT2D eigenvalue weighted by Crippen LogP contribution is -2.46. The van der Waals surface area contributed by atoms with E-state index >= 15 is 0 Å². The molecule has 0 atom stereocenters. The Kier molecular flexibility index (Phi) is 8.37. The molecule has 1 aromatic heterocycles. The van der Waals surface area contributed by atoms with Crippen molar-refractivity contribution in [1.29, 1.82) is 5.26 Å². The van der Waals surface area contributed by atoms with Gasteiger partial charge in [0.1, 0.15) is 30.9 Å². The van der Waals surface area contributed by atoms with Crippen molar-refractivity contribution in [3.8, 4) is 24.2 Å². The molecule has 1 saturated heterocycles. The molecule has 8 nitrogen and oxygen atoms in total. The van der Waals surface area contributed by atoms with Crippen LogP contribution in [-0.2, 0) is 4.74 Å². The quantitative estimate of drug-likeness (QED) is 0.369. The number of rotatable bonds is 9. The maximum atomic E-state index is 12.6. The number of amides is 1. The number of nitrogens with one attached hydrogen (secondary N) is 1. The van der Waals surface area contributed by atoms with Crippen LogP contribution < -0.4 is 19.9 Å². The molecule has 0 saturated carbocycles. The topological polar surface area (TPSA) is 90.7 Å². The normalized spacial score (nSPS) is 12.9. The third kappa shape index (κ3) is 6.53. The van der Waals surface area contributed by atoms with E-state index in [0.29, 0.717) is 30.1 Å². The molecule has 1 N–H and O–H groups in total. The first kappa shape index (κ1) is 24.6. The molecule has 1 amide bonds. The van der Waals surface area contributed by atoms with Gasteiger partial charge in [0.2, 0.25) is 0 Å². The zero-order valence-corrected chi connectivity index (χ0v) is 19.9. The molecule has 0 bridgehead atoms. The average Bonchev–Trinajstić information content (AvgIpc) is 2.94. The van der Waals surface area contributed by atoms with Gasteiger partial charge in [0.15, 0.2) is 0 Å². The summed E-state index contributed by atoms with van der Waals surface area (Å²) in [5.41, 5.74) is 2.94. The Morgan fingerprint density at radius 2 is 1.69 bits per heavy atom. The van der Waals surface area contributed by atoms with Crippen molar-refractivity contribution in [2.75, 3.05) is 61.1 Å². The first-order chi connectivity index (χ1) is 17.7. The van der Waals surface area contributed by atoms with Crippen molar-refractivity contribution in [2.45, 2.75) is 0 Å². The minimum atomic E-state index is -0.185. The molecule has 3 aromatic rings. The first-order valence-electron chi connectivity index (χ1n) is 11.7. The molecule has 36 heavy (non-hydrogen) atoms. The van der Waals surface area contributed by atoms with Gasteiger partial charge in [0.25, 0.3) is 5.91 Å². The zero-order valence-electron chi connectivity index (χ0n) is 19.9. The van der Waals surface area contributed by atoms with Crippen LogP contribution in [0.4, 0.5) is 17.2 Å². The lowest BCUT2D eigenvalue weighted by atomic mass is 10.2. The number of benzene rings is 2. The van der Waals surface area contributed by atoms with Gasteiger partial charge >= 0.3 is 0 Å². The second kappa shape index (κ2) is 12.3. The molecule has 0 spiro atoms. The Labute approximate surface area is 211 Å². The predicted octanol–water partition coefficient (Wildman–Crippen LogP) is 3.56. The van der Waals surface area contributed by atoms with Gasteiger partial charge in [-0.05, 0) is 60.7 Å². The van der Waals surface area contributed by atoms with E-state index < -0.39 is 0 Å². The minimum Gasteiger partial charge on any atom is -0.491 e. The Hall–Kier alpha value is -4.53. The van der Waals surface area contributed by atoms with E-state index in [9.17, 15) is 4.79 Å². The summed E-state index contributed by atoms with van der Waals surface area (Å²) in [6, 6.07) is 20.6. The first-order valence-corrected chi connectivity index (χ1v) is 11.7. The van der Waals surface area contributed by atoms with Crippen LogP contribution in [0.15, 0.2) is 66.9 Å². The number of piperazine rings is 1. The van der Waals surface area contributed by atoms with Gasteiger partial charge < -0.3 is 24.6 Å². The molecular formula is C28H27N5O3. The molecule has 1 aliphatic heterocycles. The number of ether oxygens (including phenoxy) is 2. The number of carbonyl (C=O) groups excluding carboxylic acids is 1. The van der Waals surface area contributed by atoms with Gasteiger partial charge in [0.05, 0.1) is 12.2 Å². The molecule has 1 aliphatic rings. The van der Waals surface area contributed by atoms with E-state index in [1.807, 2.05) is 30.3 Å². The predicted molar refractivity (Wildman–Crippen MR) is 139 cm³/mol. The van der Waals surface area contributed by atoms with Crippen LogP contribution in [-0.4, -0.2) is 56.9 Å².